The number of Topliss-reactive ketones (excluding diaryl/α,β-unsaturated/α-hetero) is 1. The highest BCUT2D eigenvalue weighted by molar-refractivity contribution is 7.89. The van der Waals surface area contributed by atoms with E-state index in [2.05, 4.69) is 5.32 Å². The van der Waals surface area contributed by atoms with E-state index >= 15 is 0 Å². The highest BCUT2D eigenvalue weighted by Crippen LogP contribution is 2.71. The molecule has 0 radical (unpaired) electrons. The van der Waals surface area contributed by atoms with E-state index in [1.165, 1.54) is 18.2 Å². The molecular formula is C27H36Cl2F3N3O3S. The van der Waals surface area contributed by atoms with Crippen LogP contribution in [0.15, 0.2) is 23.2 Å². The van der Waals surface area contributed by atoms with Crippen LogP contribution in [-0.4, -0.2) is 58.8 Å². The number of alkyl halides is 3. The van der Waals surface area contributed by atoms with Crippen LogP contribution < -0.4 is 5.32 Å². The zero-order valence-electron chi connectivity index (χ0n) is 22.9. The first-order valence-electron chi connectivity index (χ1n) is 13.1. The Bertz CT molecular complexity index is 1270. The van der Waals surface area contributed by atoms with Gasteiger partial charge in [-0.05, 0) is 78.0 Å². The Balaban J connectivity index is 1.54. The SMILES string of the molecule is CC(C)(F)CCC(=O)[C@@H]1N=C(C23CC(N(Cc4ccc(Cl)c(Cl)c4)S(=O)(=O)CCC(C)(F)F)(C2)C3)NC1(C)C. The summed E-state index contributed by atoms with van der Waals surface area (Å²) in [5.74, 6) is -3.27. The molecule has 1 atom stereocenters. The number of carbonyl (C=O) groups is 1. The van der Waals surface area contributed by atoms with Gasteiger partial charge in [0.05, 0.1) is 21.3 Å². The summed E-state index contributed by atoms with van der Waals surface area (Å²) in [5.41, 5.74) is -2.65. The molecule has 1 aromatic carbocycles. The highest BCUT2D eigenvalue weighted by Gasteiger charge is 2.75. The summed E-state index contributed by atoms with van der Waals surface area (Å²) >= 11 is 12.2. The van der Waals surface area contributed by atoms with Crippen molar-refractivity contribution in [1.82, 2.24) is 9.62 Å². The zero-order valence-corrected chi connectivity index (χ0v) is 25.2. The Morgan fingerprint density at radius 2 is 1.72 bits per heavy atom. The number of sulfonamides is 1. The number of ketones is 1. The van der Waals surface area contributed by atoms with Gasteiger partial charge in [-0.1, -0.05) is 29.3 Å². The maximum absolute atomic E-state index is 14.0. The maximum Gasteiger partial charge on any atom is 0.246 e. The third-order valence-electron chi connectivity index (χ3n) is 8.13. The zero-order chi connectivity index (χ0) is 29.2. The van der Waals surface area contributed by atoms with E-state index < -0.39 is 56.3 Å². The lowest BCUT2D eigenvalue weighted by Crippen LogP contribution is -2.78. The van der Waals surface area contributed by atoms with E-state index in [4.69, 9.17) is 28.2 Å². The number of benzene rings is 1. The molecule has 0 spiro atoms. The van der Waals surface area contributed by atoms with Crippen LogP contribution in [0.25, 0.3) is 0 Å². The molecule has 0 aromatic heterocycles. The van der Waals surface area contributed by atoms with Crippen molar-refractivity contribution in [2.24, 2.45) is 10.4 Å². The summed E-state index contributed by atoms with van der Waals surface area (Å²) in [5, 5.41) is 3.99. The number of aliphatic imine (C=N–C) groups is 1. The van der Waals surface area contributed by atoms with Gasteiger partial charge in [-0.25, -0.2) is 21.6 Å². The standard InChI is InChI=1S/C27H36Cl2F3N3O3S/c1-23(2,30)9-8-20(36)21-24(3,4)34-22(33-21)26-14-27(15-26,16-26)35(39(37,38)11-10-25(5,31)32)13-17-6-7-18(28)19(29)12-17/h6-7,12,21H,8-11,13-16H2,1-5H3,(H,33,34)/t21-,26?,27?/m0/s1. The Labute approximate surface area is 238 Å². The van der Waals surface area contributed by atoms with Gasteiger partial charge in [-0.3, -0.25) is 9.79 Å². The summed E-state index contributed by atoms with van der Waals surface area (Å²) in [6.07, 6.45) is 0.785. The minimum atomic E-state index is -4.05. The van der Waals surface area contributed by atoms with E-state index in [9.17, 15) is 26.4 Å². The Kier molecular flexibility index (Phi) is 7.75. The minimum absolute atomic E-state index is 0.0177. The van der Waals surface area contributed by atoms with Crippen molar-refractivity contribution in [3.63, 3.8) is 0 Å². The lowest BCUT2D eigenvalue weighted by molar-refractivity contribution is -0.151. The van der Waals surface area contributed by atoms with Gasteiger partial charge in [-0.2, -0.15) is 4.31 Å². The number of rotatable bonds is 12. The maximum atomic E-state index is 14.0. The molecule has 3 aliphatic carbocycles. The predicted octanol–water partition coefficient (Wildman–Crippen LogP) is 6.34. The van der Waals surface area contributed by atoms with Gasteiger partial charge in [0.15, 0.2) is 5.78 Å². The number of halogens is 5. The molecule has 1 aromatic rings. The molecule has 6 nitrogen and oxygen atoms in total. The number of nitrogens with zero attached hydrogens (tertiary/aromatic N) is 2. The fraction of sp³-hybridized carbons (Fsp3) is 0.704. The number of hydrogen-bond acceptors (Lipinski definition) is 5. The summed E-state index contributed by atoms with van der Waals surface area (Å²) < 4.78 is 69.4. The summed E-state index contributed by atoms with van der Waals surface area (Å²) in [6, 6.07) is 4.17. The average Bonchev–Trinajstić information content (AvgIpc) is 3.04. The van der Waals surface area contributed by atoms with E-state index in [1.54, 1.807) is 18.2 Å². The molecule has 3 saturated carbocycles. The van der Waals surface area contributed by atoms with Gasteiger partial charge in [0.25, 0.3) is 0 Å². The van der Waals surface area contributed by atoms with Crippen LogP contribution in [0, 0.1) is 5.41 Å². The van der Waals surface area contributed by atoms with Crippen LogP contribution >= 0.6 is 23.2 Å². The first-order valence-corrected chi connectivity index (χ1v) is 15.4. The molecule has 0 saturated heterocycles. The molecule has 0 amide bonds. The number of amidine groups is 1. The van der Waals surface area contributed by atoms with Gasteiger partial charge >= 0.3 is 0 Å². The van der Waals surface area contributed by atoms with Crippen LogP contribution in [0.5, 0.6) is 0 Å². The fourth-order valence-electron chi connectivity index (χ4n) is 6.03. The van der Waals surface area contributed by atoms with Gasteiger partial charge in [0, 0.05) is 30.3 Å². The quantitative estimate of drug-likeness (QED) is 0.300. The van der Waals surface area contributed by atoms with Crippen LogP contribution in [-0.2, 0) is 21.4 Å². The van der Waals surface area contributed by atoms with Crippen molar-refractivity contribution < 1.29 is 26.4 Å². The highest BCUT2D eigenvalue weighted by atomic mass is 35.5. The smallest absolute Gasteiger partial charge is 0.246 e. The number of hydrogen-bond donors (Lipinski definition) is 1. The molecule has 218 valence electrons. The molecule has 12 heteroatoms. The molecule has 1 heterocycles. The van der Waals surface area contributed by atoms with E-state index in [1.807, 2.05) is 13.8 Å². The second-order valence-electron chi connectivity index (χ2n) is 12.8. The molecule has 39 heavy (non-hydrogen) atoms. The topological polar surface area (TPSA) is 78.8 Å². The van der Waals surface area contributed by atoms with E-state index in [-0.39, 0.29) is 30.2 Å². The van der Waals surface area contributed by atoms with Crippen LogP contribution in [0.3, 0.4) is 0 Å². The second-order valence-corrected chi connectivity index (χ2v) is 15.7. The van der Waals surface area contributed by atoms with Crippen molar-refractivity contribution >= 4 is 44.8 Å². The second kappa shape index (κ2) is 9.88. The molecule has 4 aliphatic rings. The third-order valence-corrected chi connectivity index (χ3v) is 10.8. The minimum Gasteiger partial charge on any atom is -0.366 e. The Hall–Kier alpha value is -1.36. The first kappa shape index (κ1) is 30.6. The average molecular weight is 611 g/mol. The molecule has 1 aliphatic heterocycles. The van der Waals surface area contributed by atoms with Crippen LogP contribution in [0.4, 0.5) is 13.2 Å². The molecule has 3 fully saturated rings. The van der Waals surface area contributed by atoms with Crippen LogP contribution in [0.2, 0.25) is 10.0 Å². The largest absolute Gasteiger partial charge is 0.366 e. The Morgan fingerprint density at radius 3 is 2.26 bits per heavy atom. The number of carbonyl (C=O) groups excluding carboxylic acids is 1. The van der Waals surface area contributed by atoms with Gasteiger partial charge in [0.2, 0.25) is 15.9 Å². The predicted molar refractivity (Wildman–Crippen MR) is 148 cm³/mol. The summed E-state index contributed by atoms with van der Waals surface area (Å²) in [6.45, 7) is 7.32. The Morgan fingerprint density at radius 1 is 1.10 bits per heavy atom. The van der Waals surface area contributed by atoms with Crippen molar-refractivity contribution in [2.75, 3.05) is 5.75 Å². The van der Waals surface area contributed by atoms with E-state index in [0.717, 1.165) is 0 Å². The summed E-state index contributed by atoms with van der Waals surface area (Å²) in [4.78, 5) is 17.7. The van der Waals surface area contributed by atoms with Crippen molar-refractivity contribution in [3.05, 3.63) is 33.8 Å². The first-order chi connectivity index (χ1) is 17.7. The van der Waals surface area contributed by atoms with Crippen molar-refractivity contribution in [2.45, 2.75) is 108 Å². The molecule has 0 unspecified atom stereocenters. The molecular weight excluding hydrogens is 574 g/mol. The lowest BCUT2D eigenvalue weighted by atomic mass is 9.38. The lowest BCUT2D eigenvalue weighted by Gasteiger charge is -2.73. The monoisotopic (exact) mass is 609 g/mol. The normalized spacial score (nSPS) is 28.0. The van der Waals surface area contributed by atoms with E-state index in [0.29, 0.717) is 42.6 Å². The van der Waals surface area contributed by atoms with Gasteiger partial charge in [0.1, 0.15) is 17.5 Å². The third kappa shape index (κ3) is 6.28. The molecule has 5 rings (SSSR count). The number of nitrogens with one attached hydrogen (secondary N) is 1. The fourth-order valence-corrected chi connectivity index (χ4v) is 8.32. The molecule has 2 bridgehead atoms. The molecule has 1 N–H and O–H groups in total. The van der Waals surface area contributed by atoms with Gasteiger partial charge in [-0.15, -0.1) is 0 Å². The van der Waals surface area contributed by atoms with Crippen molar-refractivity contribution in [3.8, 4) is 0 Å². The van der Waals surface area contributed by atoms with Gasteiger partial charge < -0.3 is 5.32 Å². The van der Waals surface area contributed by atoms with Crippen molar-refractivity contribution in [1.29, 1.82) is 0 Å². The van der Waals surface area contributed by atoms with Crippen LogP contribution in [0.1, 0.15) is 78.7 Å². The summed E-state index contributed by atoms with van der Waals surface area (Å²) in [7, 11) is -4.05.